The lowest BCUT2D eigenvalue weighted by Crippen LogP contribution is -2.44. The molecule has 1 atom stereocenters. The molecule has 1 fully saturated rings. The van der Waals surface area contributed by atoms with Gasteiger partial charge in [-0.25, -0.2) is 0 Å². The van der Waals surface area contributed by atoms with Crippen LogP contribution in [0.4, 0.5) is 0 Å². The first-order valence-corrected chi connectivity index (χ1v) is 8.45. The number of rotatable bonds is 6. The number of hydrogen-bond donors (Lipinski definition) is 2. The van der Waals surface area contributed by atoms with Gasteiger partial charge in [0.05, 0.1) is 18.8 Å². The second kappa shape index (κ2) is 10.9. The molecule has 0 saturated heterocycles. The number of likely N-dealkylation sites (N-methyl/N-ethyl adjacent to an activating group) is 1. The molecule has 1 aromatic heterocycles. The first kappa shape index (κ1) is 20.3. The fraction of sp³-hybridized carbons (Fsp3) is 0.706. The largest absolute Gasteiger partial charge is 0.468 e. The summed E-state index contributed by atoms with van der Waals surface area (Å²) in [5.74, 6) is 1.88. The number of furan rings is 1. The monoisotopic (exact) mass is 434 g/mol. The number of hydrogen-bond acceptors (Lipinski definition) is 3. The average Bonchev–Trinajstić information content (AvgIpc) is 3.02. The minimum absolute atomic E-state index is 0. The molecule has 0 aromatic carbocycles. The van der Waals surface area contributed by atoms with Crippen molar-refractivity contribution in [3.05, 3.63) is 24.2 Å². The van der Waals surface area contributed by atoms with Gasteiger partial charge in [-0.15, -0.1) is 24.0 Å². The van der Waals surface area contributed by atoms with Crippen molar-refractivity contribution >= 4 is 29.9 Å². The highest BCUT2D eigenvalue weighted by molar-refractivity contribution is 14.0. The maximum Gasteiger partial charge on any atom is 0.191 e. The molecule has 6 heteroatoms. The summed E-state index contributed by atoms with van der Waals surface area (Å²) in [6, 6.07) is 4.67. The summed E-state index contributed by atoms with van der Waals surface area (Å²) in [4.78, 5) is 6.92. The van der Waals surface area contributed by atoms with Crippen molar-refractivity contribution in [3.8, 4) is 0 Å². The van der Waals surface area contributed by atoms with Crippen LogP contribution in [0.1, 0.15) is 50.8 Å². The van der Waals surface area contributed by atoms with E-state index in [1.165, 1.54) is 32.1 Å². The van der Waals surface area contributed by atoms with Crippen LogP contribution in [0.3, 0.4) is 0 Å². The first-order valence-electron chi connectivity index (χ1n) is 8.45. The highest BCUT2D eigenvalue weighted by Crippen LogP contribution is 2.19. The lowest BCUT2D eigenvalue weighted by atomic mass is 9.96. The Bertz CT molecular complexity index is 441. The summed E-state index contributed by atoms with van der Waals surface area (Å²) in [5.41, 5.74) is 0. The van der Waals surface area contributed by atoms with Crippen LogP contribution in [0.15, 0.2) is 27.8 Å². The molecule has 23 heavy (non-hydrogen) atoms. The van der Waals surface area contributed by atoms with E-state index in [-0.39, 0.29) is 30.0 Å². The Morgan fingerprint density at radius 1 is 1.35 bits per heavy atom. The molecule has 132 valence electrons. The van der Waals surface area contributed by atoms with Crippen molar-refractivity contribution in [1.82, 2.24) is 15.5 Å². The molecule has 1 aliphatic rings. The number of nitrogens with one attached hydrogen (secondary N) is 2. The van der Waals surface area contributed by atoms with Crippen molar-refractivity contribution in [2.45, 2.75) is 51.1 Å². The van der Waals surface area contributed by atoms with Crippen LogP contribution >= 0.6 is 24.0 Å². The minimum atomic E-state index is 0. The second-order valence-electron chi connectivity index (χ2n) is 6.19. The van der Waals surface area contributed by atoms with Crippen LogP contribution in [0.25, 0.3) is 0 Å². The molecule has 1 unspecified atom stereocenters. The smallest absolute Gasteiger partial charge is 0.191 e. The van der Waals surface area contributed by atoms with Gasteiger partial charge in [-0.2, -0.15) is 0 Å². The van der Waals surface area contributed by atoms with Crippen LogP contribution < -0.4 is 10.6 Å². The summed E-state index contributed by atoms with van der Waals surface area (Å²) in [6.45, 7) is 3.67. The minimum Gasteiger partial charge on any atom is -0.468 e. The van der Waals surface area contributed by atoms with Crippen molar-refractivity contribution in [2.24, 2.45) is 4.99 Å². The topological polar surface area (TPSA) is 52.8 Å². The highest BCUT2D eigenvalue weighted by atomic mass is 127. The van der Waals surface area contributed by atoms with E-state index in [0.29, 0.717) is 12.6 Å². The zero-order valence-corrected chi connectivity index (χ0v) is 16.9. The van der Waals surface area contributed by atoms with Crippen molar-refractivity contribution in [3.63, 3.8) is 0 Å². The van der Waals surface area contributed by atoms with Gasteiger partial charge < -0.3 is 15.1 Å². The third kappa shape index (κ3) is 6.71. The van der Waals surface area contributed by atoms with E-state index in [1.54, 1.807) is 6.26 Å². The number of nitrogens with zero attached hydrogens (tertiary/aromatic N) is 2. The quantitative estimate of drug-likeness (QED) is 0.410. The number of aliphatic imine (C=N–C) groups is 1. The fourth-order valence-corrected chi connectivity index (χ4v) is 2.93. The molecule has 1 aliphatic carbocycles. The molecular weight excluding hydrogens is 403 g/mol. The normalized spacial score (nSPS) is 17.7. The van der Waals surface area contributed by atoms with Gasteiger partial charge in [0.25, 0.3) is 0 Å². The molecule has 0 aliphatic heterocycles. The lowest BCUT2D eigenvalue weighted by Gasteiger charge is -2.26. The standard InChI is InChI=1S/C17H30N4O.HI/c1-4-18-17(20-14-9-6-5-7-10-14)19-13-15(21(2)3)16-11-8-12-22-16;/h8,11-12,14-15H,4-7,9-10,13H2,1-3H3,(H2,18,19,20);1H. The van der Waals surface area contributed by atoms with Crippen LogP contribution in [-0.4, -0.2) is 44.1 Å². The molecule has 1 heterocycles. The van der Waals surface area contributed by atoms with Gasteiger partial charge >= 0.3 is 0 Å². The maximum absolute atomic E-state index is 5.55. The molecule has 2 N–H and O–H groups in total. The molecule has 1 saturated carbocycles. The maximum atomic E-state index is 5.55. The Morgan fingerprint density at radius 2 is 2.09 bits per heavy atom. The predicted octanol–water partition coefficient (Wildman–Crippen LogP) is 3.39. The number of guanidine groups is 1. The van der Waals surface area contributed by atoms with Crippen LogP contribution in [0.2, 0.25) is 0 Å². The van der Waals surface area contributed by atoms with Crippen molar-refractivity contribution < 1.29 is 4.42 Å². The Morgan fingerprint density at radius 3 is 2.65 bits per heavy atom. The zero-order valence-electron chi connectivity index (χ0n) is 14.5. The molecule has 0 spiro atoms. The van der Waals surface area contributed by atoms with E-state index in [2.05, 4.69) is 36.6 Å². The predicted molar refractivity (Wildman–Crippen MR) is 107 cm³/mol. The zero-order chi connectivity index (χ0) is 15.8. The second-order valence-corrected chi connectivity index (χ2v) is 6.19. The van der Waals surface area contributed by atoms with Gasteiger partial charge in [0, 0.05) is 12.6 Å². The van der Waals surface area contributed by atoms with E-state index in [0.717, 1.165) is 18.3 Å². The number of halogens is 1. The van der Waals surface area contributed by atoms with Gasteiger partial charge in [-0.05, 0) is 46.0 Å². The summed E-state index contributed by atoms with van der Waals surface area (Å²) in [6.07, 6.45) is 8.24. The van der Waals surface area contributed by atoms with Crippen LogP contribution in [0, 0.1) is 0 Å². The van der Waals surface area contributed by atoms with E-state index < -0.39 is 0 Å². The Balaban J connectivity index is 0.00000264. The van der Waals surface area contributed by atoms with E-state index in [4.69, 9.17) is 9.41 Å². The van der Waals surface area contributed by atoms with Crippen molar-refractivity contribution in [1.29, 1.82) is 0 Å². The van der Waals surface area contributed by atoms with Gasteiger partial charge in [-0.3, -0.25) is 9.89 Å². The molecule has 0 amide bonds. The first-order chi connectivity index (χ1) is 10.7. The van der Waals surface area contributed by atoms with Gasteiger partial charge in [0.1, 0.15) is 5.76 Å². The Hall–Kier alpha value is -0.760. The molecule has 0 radical (unpaired) electrons. The van der Waals surface area contributed by atoms with Crippen molar-refractivity contribution in [2.75, 3.05) is 27.2 Å². The molecule has 1 aromatic rings. The molecule has 0 bridgehead atoms. The third-order valence-electron chi connectivity index (χ3n) is 4.21. The van der Waals surface area contributed by atoms with Gasteiger partial charge in [0.15, 0.2) is 5.96 Å². The Kier molecular flexibility index (Phi) is 9.62. The highest BCUT2D eigenvalue weighted by Gasteiger charge is 2.18. The molecule has 5 nitrogen and oxygen atoms in total. The SMILES string of the molecule is CCNC(=NCC(c1ccco1)N(C)C)NC1CCCCC1.I. The molecule has 2 rings (SSSR count). The summed E-state index contributed by atoms with van der Waals surface area (Å²) >= 11 is 0. The Labute approximate surface area is 157 Å². The average molecular weight is 434 g/mol. The summed E-state index contributed by atoms with van der Waals surface area (Å²) in [5, 5.41) is 6.95. The fourth-order valence-electron chi connectivity index (χ4n) is 2.93. The lowest BCUT2D eigenvalue weighted by molar-refractivity contribution is 0.264. The third-order valence-corrected chi connectivity index (χ3v) is 4.21. The van der Waals surface area contributed by atoms with Gasteiger partial charge in [-0.1, -0.05) is 19.3 Å². The summed E-state index contributed by atoms with van der Waals surface area (Å²) < 4.78 is 5.55. The summed E-state index contributed by atoms with van der Waals surface area (Å²) in [7, 11) is 4.12. The van der Waals surface area contributed by atoms with Gasteiger partial charge in [0.2, 0.25) is 0 Å². The van der Waals surface area contributed by atoms with E-state index in [9.17, 15) is 0 Å². The molecular formula is C17H31IN4O. The van der Waals surface area contributed by atoms with Crippen LogP contribution in [-0.2, 0) is 0 Å². The van der Waals surface area contributed by atoms with E-state index in [1.807, 2.05) is 12.1 Å². The van der Waals surface area contributed by atoms with Crippen LogP contribution in [0.5, 0.6) is 0 Å². The van der Waals surface area contributed by atoms with E-state index >= 15 is 0 Å².